The third kappa shape index (κ3) is 4.71. The molecule has 29 heavy (non-hydrogen) atoms. The average Bonchev–Trinajstić information content (AvgIpc) is 2.99. The highest BCUT2D eigenvalue weighted by molar-refractivity contribution is 5.97. The van der Waals surface area contributed by atoms with Crippen molar-refractivity contribution in [1.29, 1.82) is 0 Å². The quantitative estimate of drug-likeness (QED) is 0.522. The molecule has 1 aromatic heterocycles. The van der Waals surface area contributed by atoms with Crippen molar-refractivity contribution in [2.75, 3.05) is 13.7 Å². The summed E-state index contributed by atoms with van der Waals surface area (Å²) in [5.74, 6) is 0.0977. The van der Waals surface area contributed by atoms with Crippen LogP contribution < -0.4 is 9.47 Å². The number of benzene rings is 2. The minimum Gasteiger partial charge on any atom is -0.493 e. The van der Waals surface area contributed by atoms with E-state index in [0.717, 1.165) is 6.42 Å². The molecular weight excluding hydrogens is 377 g/mol. The summed E-state index contributed by atoms with van der Waals surface area (Å²) >= 11 is 0. The van der Waals surface area contributed by atoms with Crippen LogP contribution in [0.5, 0.6) is 17.4 Å². The highest BCUT2D eigenvalue weighted by Crippen LogP contribution is 2.36. The maximum atomic E-state index is 13.3. The molecule has 0 aliphatic rings. The molecule has 2 N–H and O–H groups in total. The lowest BCUT2D eigenvalue weighted by molar-refractivity contribution is 0.0994. The lowest BCUT2D eigenvalue weighted by atomic mass is 10.1. The maximum Gasteiger partial charge on any atom is 0.295 e. The van der Waals surface area contributed by atoms with Gasteiger partial charge in [0, 0.05) is 10.9 Å². The molecule has 8 heteroatoms. The summed E-state index contributed by atoms with van der Waals surface area (Å²) in [7, 11) is 1.49. The lowest BCUT2D eigenvalue weighted by Crippen LogP contribution is -2.03. The zero-order chi connectivity index (χ0) is 21.0. The van der Waals surface area contributed by atoms with Gasteiger partial charge in [0.25, 0.3) is 5.91 Å². The molecule has 0 radical (unpaired) electrons. The van der Waals surface area contributed by atoms with Gasteiger partial charge in [0.05, 0.1) is 19.2 Å². The van der Waals surface area contributed by atoms with E-state index < -0.39 is 11.7 Å². The second-order valence-electron chi connectivity index (χ2n) is 6.91. The van der Waals surface area contributed by atoms with Gasteiger partial charge in [-0.2, -0.15) is 0 Å². The van der Waals surface area contributed by atoms with Gasteiger partial charge in [0.15, 0.2) is 17.2 Å². The number of hydrogen-bond acceptors (Lipinski definition) is 5. The Bertz CT molecular complexity index is 1060. The van der Waals surface area contributed by atoms with Gasteiger partial charge in [-0.3, -0.25) is 4.79 Å². The third-order valence-electron chi connectivity index (χ3n) is 4.32. The molecule has 1 amide bonds. The van der Waals surface area contributed by atoms with Gasteiger partial charge in [-0.25, -0.2) is 4.39 Å². The van der Waals surface area contributed by atoms with Crippen LogP contribution in [0.2, 0.25) is 0 Å². The van der Waals surface area contributed by atoms with E-state index in [1.165, 1.54) is 31.4 Å². The number of carbonyl (C=O) groups excluding carboxylic acids is 1. The second-order valence-corrected chi connectivity index (χ2v) is 6.91. The molecule has 7 nitrogen and oxygen atoms in total. The summed E-state index contributed by atoms with van der Waals surface area (Å²) in [6, 6.07) is 8.65. The van der Waals surface area contributed by atoms with Crippen molar-refractivity contribution in [1.82, 2.24) is 4.98 Å². The first-order valence-corrected chi connectivity index (χ1v) is 9.16. The molecule has 0 saturated carbocycles. The van der Waals surface area contributed by atoms with E-state index in [2.05, 4.69) is 29.1 Å². The Balaban J connectivity index is 1.79. The number of nitrogens with one attached hydrogen (secondary N) is 1. The number of azo groups is 1. The van der Waals surface area contributed by atoms with Gasteiger partial charge < -0.3 is 19.6 Å². The Hall–Kier alpha value is -3.42. The van der Waals surface area contributed by atoms with Crippen molar-refractivity contribution >= 4 is 22.5 Å². The fraction of sp³-hybridized carbons (Fsp3) is 0.286. The highest BCUT2D eigenvalue weighted by atomic mass is 19.1. The Morgan fingerprint density at radius 3 is 2.72 bits per heavy atom. The lowest BCUT2D eigenvalue weighted by Gasteiger charge is -2.12. The predicted octanol–water partition coefficient (Wildman–Crippen LogP) is 5.37. The number of H-pyrrole nitrogens is 1. The zero-order valence-corrected chi connectivity index (χ0v) is 16.4. The molecule has 0 unspecified atom stereocenters. The van der Waals surface area contributed by atoms with Crippen LogP contribution in [-0.2, 0) is 0 Å². The van der Waals surface area contributed by atoms with Crippen molar-refractivity contribution in [3.63, 3.8) is 0 Å². The van der Waals surface area contributed by atoms with E-state index in [4.69, 9.17) is 9.47 Å². The van der Waals surface area contributed by atoms with Crippen molar-refractivity contribution in [3.05, 3.63) is 47.8 Å². The number of aromatic nitrogens is 1. The molecule has 0 aliphatic carbocycles. The fourth-order valence-corrected chi connectivity index (χ4v) is 2.72. The number of fused-ring (bicyclic) bond motifs is 1. The van der Waals surface area contributed by atoms with Gasteiger partial charge >= 0.3 is 0 Å². The number of aromatic hydroxyl groups is 1. The number of aromatic amines is 1. The van der Waals surface area contributed by atoms with Gasteiger partial charge in [0.2, 0.25) is 5.88 Å². The molecule has 0 aliphatic heterocycles. The van der Waals surface area contributed by atoms with Gasteiger partial charge in [-0.1, -0.05) is 13.8 Å². The SMILES string of the molecule is COc1cc(C(=O)N=Nc2c(O)[nH]c3cc(F)ccc23)ccc1OCCC(C)C. The monoisotopic (exact) mass is 399 g/mol. The molecular formula is C21H22FN3O4. The van der Waals surface area contributed by atoms with E-state index in [-0.39, 0.29) is 17.1 Å². The van der Waals surface area contributed by atoms with E-state index in [9.17, 15) is 14.3 Å². The number of nitrogens with zero attached hydrogens (tertiary/aromatic N) is 2. The summed E-state index contributed by atoms with van der Waals surface area (Å²) in [5.41, 5.74) is 0.676. The predicted molar refractivity (Wildman–Crippen MR) is 107 cm³/mol. The van der Waals surface area contributed by atoms with E-state index >= 15 is 0 Å². The van der Waals surface area contributed by atoms with Gasteiger partial charge in [-0.15, -0.1) is 10.2 Å². The summed E-state index contributed by atoms with van der Waals surface area (Å²) in [4.78, 5) is 15.0. The van der Waals surface area contributed by atoms with E-state index in [1.807, 2.05) is 0 Å². The van der Waals surface area contributed by atoms with Crippen LogP contribution in [0.15, 0.2) is 46.6 Å². The smallest absolute Gasteiger partial charge is 0.295 e. The Morgan fingerprint density at radius 2 is 2.00 bits per heavy atom. The molecule has 0 fully saturated rings. The molecule has 0 saturated heterocycles. The minimum atomic E-state index is -0.618. The molecule has 0 spiro atoms. The Kier molecular flexibility index (Phi) is 6.11. The van der Waals surface area contributed by atoms with E-state index in [1.54, 1.807) is 12.1 Å². The molecule has 2 aromatic carbocycles. The Morgan fingerprint density at radius 1 is 1.21 bits per heavy atom. The molecule has 1 heterocycles. The molecule has 0 bridgehead atoms. The summed E-state index contributed by atoms with van der Waals surface area (Å²) in [6.45, 7) is 4.76. The third-order valence-corrected chi connectivity index (χ3v) is 4.32. The zero-order valence-electron chi connectivity index (χ0n) is 16.4. The number of hydrogen-bond donors (Lipinski definition) is 2. The van der Waals surface area contributed by atoms with Crippen molar-refractivity contribution in [2.24, 2.45) is 16.1 Å². The van der Waals surface area contributed by atoms with Crippen molar-refractivity contribution in [3.8, 4) is 17.4 Å². The normalized spacial score (nSPS) is 11.5. The number of amides is 1. The standard InChI is InChI=1S/C21H22FN3O4/c1-12(2)8-9-29-17-7-4-13(10-18(17)28-3)20(26)25-24-19-15-6-5-14(22)11-16(15)23-21(19)27/h4-7,10-12,23,27H,8-9H2,1-3H3. The van der Waals surface area contributed by atoms with E-state index in [0.29, 0.717) is 34.9 Å². The fourth-order valence-electron chi connectivity index (χ4n) is 2.72. The van der Waals surface area contributed by atoms with Crippen LogP contribution in [0.25, 0.3) is 10.9 Å². The number of carbonyl (C=O) groups is 1. The number of methoxy groups -OCH3 is 1. The topological polar surface area (TPSA) is 96.3 Å². The summed E-state index contributed by atoms with van der Waals surface area (Å²) in [6.07, 6.45) is 0.899. The maximum absolute atomic E-state index is 13.3. The first kappa shape index (κ1) is 20.3. The largest absolute Gasteiger partial charge is 0.493 e. The summed E-state index contributed by atoms with van der Waals surface area (Å²) < 4.78 is 24.3. The molecule has 0 atom stereocenters. The van der Waals surface area contributed by atoms with Crippen LogP contribution in [0.3, 0.4) is 0 Å². The van der Waals surface area contributed by atoms with Crippen LogP contribution in [0.4, 0.5) is 10.1 Å². The minimum absolute atomic E-state index is 0.0638. The average molecular weight is 399 g/mol. The second kappa shape index (κ2) is 8.72. The first-order chi connectivity index (χ1) is 13.9. The van der Waals surface area contributed by atoms with Crippen molar-refractivity contribution < 1.29 is 23.8 Å². The number of halogens is 1. The summed E-state index contributed by atoms with van der Waals surface area (Å²) in [5, 5.41) is 17.9. The van der Waals surface area contributed by atoms with Crippen LogP contribution in [0.1, 0.15) is 30.6 Å². The number of rotatable bonds is 7. The van der Waals surface area contributed by atoms with Crippen LogP contribution in [0, 0.1) is 11.7 Å². The molecule has 3 rings (SSSR count). The van der Waals surface area contributed by atoms with Gasteiger partial charge in [0.1, 0.15) is 5.82 Å². The molecule has 152 valence electrons. The first-order valence-electron chi connectivity index (χ1n) is 9.16. The molecule has 3 aromatic rings. The van der Waals surface area contributed by atoms with Crippen molar-refractivity contribution in [2.45, 2.75) is 20.3 Å². The number of ether oxygens (including phenoxy) is 2. The van der Waals surface area contributed by atoms with Crippen LogP contribution in [-0.4, -0.2) is 29.7 Å². The van der Waals surface area contributed by atoms with Gasteiger partial charge in [-0.05, 0) is 48.7 Å². The van der Waals surface area contributed by atoms with Crippen LogP contribution >= 0.6 is 0 Å². The highest BCUT2D eigenvalue weighted by Gasteiger charge is 2.14. The Labute approximate surface area is 167 Å².